The Bertz CT molecular complexity index is 978. The minimum atomic E-state index is -1.18. The van der Waals surface area contributed by atoms with Crippen LogP contribution in [0.3, 0.4) is 0 Å². The maximum atomic E-state index is 12.2. The molecule has 3 heterocycles. The van der Waals surface area contributed by atoms with E-state index in [1.54, 1.807) is 6.92 Å². The van der Waals surface area contributed by atoms with Gasteiger partial charge in [0, 0.05) is 25.1 Å². The van der Waals surface area contributed by atoms with E-state index in [2.05, 4.69) is 9.97 Å². The molecule has 12 heteroatoms. The highest BCUT2D eigenvalue weighted by atomic mass is 16.6. The van der Waals surface area contributed by atoms with Crippen LogP contribution in [-0.4, -0.2) is 53.1 Å². The third-order valence-corrected chi connectivity index (χ3v) is 4.64. The number of aromatic nitrogens is 4. The first-order valence-electron chi connectivity index (χ1n) is 8.19. The highest BCUT2D eigenvalue weighted by Gasteiger charge is 2.41. The maximum Gasteiger partial charge on any atom is 0.381 e. The number of rotatable bonds is 4. The van der Waals surface area contributed by atoms with E-state index in [1.807, 2.05) is 0 Å². The number of aliphatic hydroxyl groups is 2. The SMILES string of the molecule is Cc1cn([C@H]2C[C@@H](n3cc([N+](=O)[O-])nc3C)[C@H](O)[C@@H](CO)O2)c(=O)[nH]c1=O. The lowest BCUT2D eigenvalue weighted by Crippen LogP contribution is -2.48. The van der Waals surface area contributed by atoms with Gasteiger partial charge in [0.05, 0.1) is 12.6 Å². The number of aliphatic hydroxyl groups excluding tert-OH is 2. The molecule has 0 aromatic carbocycles. The fraction of sp³-hybridized carbons (Fsp3) is 0.533. The predicted octanol–water partition coefficient (Wildman–Crippen LogP) is -0.860. The highest BCUT2D eigenvalue weighted by molar-refractivity contribution is 5.18. The molecule has 4 atom stereocenters. The first kappa shape index (κ1) is 18.9. The number of imidazole rings is 1. The van der Waals surface area contributed by atoms with Gasteiger partial charge in [-0.15, -0.1) is 0 Å². The Hall–Kier alpha value is -2.83. The molecule has 0 amide bonds. The topological polar surface area (TPSA) is 166 Å². The van der Waals surface area contributed by atoms with Gasteiger partial charge in [-0.25, -0.2) is 4.79 Å². The van der Waals surface area contributed by atoms with Crippen LogP contribution >= 0.6 is 0 Å². The highest BCUT2D eigenvalue weighted by Crippen LogP contribution is 2.35. The Morgan fingerprint density at radius 3 is 2.67 bits per heavy atom. The summed E-state index contributed by atoms with van der Waals surface area (Å²) in [6.07, 6.45) is -0.525. The Kier molecular flexibility index (Phi) is 4.95. The van der Waals surface area contributed by atoms with Gasteiger partial charge in [-0.2, -0.15) is 0 Å². The quantitative estimate of drug-likeness (QED) is 0.454. The molecular formula is C15H19N5O7. The fourth-order valence-electron chi connectivity index (χ4n) is 3.23. The van der Waals surface area contributed by atoms with Crippen LogP contribution in [0.5, 0.6) is 0 Å². The molecule has 1 fully saturated rings. The zero-order chi connectivity index (χ0) is 19.9. The maximum absolute atomic E-state index is 12.2. The first-order valence-corrected chi connectivity index (χ1v) is 8.19. The van der Waals surface area contributed by atoms with E-state index >= 15 is 0 Å². The van der Waals surface area contributed by atoms with Crippen LogP contribution in [0, 0.1) is 24.0 Å². The molecule has 0 radical (unpaired) electrons. The van der Waals surface area contributed by atoms with Crippen LogP contribution < -0.4 is 11.2 Å². The molecule has 146 valence electrons. The van der Waals surface area contributed by atoms with Crippen molar-refractivity contribution in [3.8, 4) is 0 Å². The molecule has 2 aromatic heterocycles. The molecular weight excluding hydrogens is 362 g/mol. The summed E-state index contributed by atoms with van der Waals surface area (Å²) in [6, 6.07) is -0.735. The zero-order valence-electron chi connectivity index (χ0n) is 14.6. The molecule has 0 spiro atoms. The molecule has 27 heavy (non-hydrogen) atoms. The average molecular weight is 381 g/mol. The minimum Gasteiger partial charge on any atom is -0.394 e. The number of aromatic amines is 1. The Morgan fingerprint density at radius 2 is 2.07 bits per heavy atom. The minimum absolute atomic E-state index is 0.0669. The van der Waals surface area contributed by atoms with Crippen LogP contribution in [0.4, 0.5) is 5.82 Å². The number of nitrogens with one attached hydrogen (secondary N) is 1. The number of nitro groups is 1. The van der Waals surface area contributed by atoms with E-state index in [0.717, 1.165) is 0 Å². The molecule has 1 saturated heterocycles. The van der Waals surface area contributed by atoms with Gasteiger partial charge in [-0.1, -0.05) is 0 Å². The molecule has 1 aliphatic rings. The van der Waals surface area contributed by atoms with Crippen molar-refractivity contribution in [3.05, 3.63) is 54.7 Å². The van der Waals surface area contributed by atoms with E-state index < -0.39 is 47.3 Å². The van der Waals surface area contributed by atoms with Crippen molar-refractivity contribution in [2.45, 2.75) is 44.7 Å². The van der Waals surface area contributed by atoms with E-state index in [-0.39, 0.29) is 17.8 Å². The second kappa shape index (κ2) is 7.06. The van der Waals surface area contributed by atoms with Crippen molar-refractivity contribution in [1.82, 2.24) is 19.1 Å². The van der Waals surface area contributed by atoms with Crippen molar-refractivity contribution in [2.75, 3.05) is 6.61 Å². The van der Waals surface area contributed by atoms with Crippen LogP contribution in [0.1, 0.15) is 30.1 Å². The molecule has 1 aliphatic heterocycles. The molecule has 12 nitrogen and oxygen atoms in total. The van der Waals surface area contributed by atoms with Gasteiger partial charge in [-0.05, 0) is 16.8 Å². The number of aryl methyl sites for hydroxylation is 2. The summed E-state index contributed by atoms with van der Waals surface area (Å²) in [5.74, 6) is -0.0755. The van der Waals surface area contributed by atoms with Gasteiger partial charge in [-0.3, -0.25) is 14.3 Å². The van der Waals surface area contributed by atoms with Crippen molar-refractivity contribution >= 4 is 5.82 Å². The number of hydrogen-bond donors (Lipinski definition) is 3. The average Bonchev–Trinajstić information content (AvgIpc) is 3.00. The Balaban J connectivity index is 2.03. The first-order chi connectivity index (χ1) is 12.7. The summed E-state index contributed by atoms with van der Waals surface area (Å²) in [6.45, 7) is 2.55. The zero-order valence-corrected chi connectivity index (χ0v) is 14.6. The summed E-state index contributed by atoms with van der Waals surface area (Å²) in [5, 5.41) is 31.1. The number of nitrogens with zero attached hydrogens (tertiary/aromatic N) is 4. The third kappa shape index (κ3) is 3.41. The molecule has 0 bridgehead atoms. The Morgan fingerprint density at radius 1 is 1.37 bits per heavy atom. The lowest BCUT2D eigenvalue weighted by Gasteiger charge is -2.39. The van der Waals surface area contributed by atoms with Gasteiger partial charge in [0.2, 0.25) is 5.82 Å². The van der Waals surface area contributed by atoms with Crippen LogP contribution in [-0.2, 0) is 4.74 Å². The normalized spacial score (nSPS) is 25.5. The van der Waals surface area contributed by atoms with Crippen molar-refractivity contribution in [2.24, 2.45) is 0 Å². The smallest absolute Gasteiger partial charge is 0.381 e. The van der Waals surface area contributed by atoms with E-state index in [0.29, 0.717) is 5.82 Å². The summed E-state index contributed by atoms with van der Waals surface area (Å²) in [4.78, 5) is 40.1. The monoisotopic (exact) mass is 381 g/mol. The van der Waals surface area contributed by atoms with Crippen LogP contribution in [0.25, 0.3) is 0 Å². The third-order valence-electron chi connectivity index (χ3n) is 4.64. The lowest BCUT2D eigenvalue weighted by atomic mass is 9.97. The predicted molar refractivity (Wildman–Crippen MR) is 90.3 cm³/mol. The molecule has 0 aliphatic carbocycles. The van der Waals surface area contributed by atoms with Crippen molar-refractivity contribution in [3.63, 3.8) is 0 Å². The van der Waals surface area contributed by atoms with Crippen molar-refractivity contribution in [1.29, 1.82) is 0 Å². The van der Waals surface area contributed by atoms with Gasteiger partial charge in [0.1, 0.15) is 24.6 Å². The van der Waals surface area contributed by atoms with Crippen LogP contribution in [0.15, 0.2) is 22.0 Å². The number of ether oxygens (including phenoxy) is 1. The van der Waals surface area contributed by atoms with E-state index in [9.17, 15) is 29.9 Å². The van der Waals surface area contributed by atoms with Gasteiger partial charge >= 0.3 is 11.5 Å². The summed E-state index contributed by atoms with van der Waals surface area (Å²) in [5.41, 5.74) is -0.935. The second-order valence-corrected chi connectivity index (χ2v) is 6.39. The fourth-order valence-corrected chi connectivity index (χ4v) is 3.23. The molecule has 0 unspecified atom stereocenters. The number of hydrogen-bond acceptors (Lipinski definition) is 8. The molecule has 3 N–H and O–H groups in total. The second-order valence-electron chi connectivity index (χ2n) is 6.39. The van der Waals surface area contributed by atoms with E-state index in [4.69, 9.17) is 4.74 Å². The van der Waals surface area contributed by atoms with Crippen LogP contribution in [0.2, 0.25) is 0 Å². The molecule has 2 aromatic rings. The van der Waals surface area contributed by atoms with Gasteiger partial charge < -0.3 is 29.6 Å². The number of H-pyrrole nitrogens is 1. The standard InChI is InChI=1S/C15H19N5O7/c1-7-4-19(15(24)17-14(7)23)12-3-9(13(22)10(6-21)27-12)18-5-11(20(25)26)16-8(18)2/h4-5,9-10,12-13,21-22H,3,6H2,1-2H3,(H,17,23,24)/t9-,10-,12-,13+/m1/s1. The summed E-state index contributed by atoms with van der Waals surface area (Å²) < 4.78 is 8.23. The largest absolute Gasteiger partial charge is 0.394 e. The van der Waals surface area contributed by atoms with E-state index in [1.165, 1.54) is 28.5 Å². The van der Waals surface area contributed by atoms with Gasteiger partial charge in [0.15, 0.2) is 0 Å². The van der Waals surface area contributed by atoms with Gasteiger partial charge in [0.25, 0.3) is 5.56 Å². The molecule has 0 saturated carbocycles. The summed E-state index contributed by atoms with van der Waals surface area (Å²) >= 11 is 0. The Labute approximate surface area is 151 Å². The lowest BCUT2D eigenvalue weighted by molar-refractivity contribution is -0.389. The summed E-state index contributed by atoms with van der Waals surface area (Å²) in [7, 11) is 0. The van der Waals surface area contributed by atoms with Crippen molar-refractivity contribution < 1.29 is 19.9 Å². The molecule has 3 rings (SSSR count).